The number of nitrogens with zero attached hydrogens (tertiary/aromatic N) is 4. The molecule has 1 aromatic heterocycles. The van der Waals surface area contributed by atoms with Crippen LogP contribution in [0.5, 0.6) is 5.75 Å². The van der Waals surface area contributed by atoms with Crippen LogP contribution in [0.3, 0.4) is 0 Å². The Kier molecular flexibility index (Phi) is 6.08. The molecule has 0 saturated carbocycles. The first kappa shape index (κ1) is 18.2. The van der Waals surface area contributed by atoms with Crippen molar-refractivity contribution in [3.63, 3.8) is 0 Å². The lowest BCUT2D eigenvalue weighted by molar-refractivity contribution is -0.118. The van der Waals surface area contributed by atoms with Gasteiger partial charge in [-0.15, -0.1) is 5.10 Å². The maximum Gasteiger partial charge on any atom is 0.230 e. The third-order valence-corrected chi connectivity index (χ3v) is 4.66. The highest BCUT2D eigenvalue weighted by atomic mass is 35.5. The number of amides is 1. The molecular formula is C17H16ClN5O2S. The summed E-state index contributed by atoms with van der Waals surface area (Å²) in [5, 5.41) is 15.7. The number of aromatic nitrogens is 4. The minimum atomic E-state index is -0.103. The quantitative estimate of drug-likeness (QED) is 0.626. The fraction of sp³-hybridized carbons (Fsp3) is 0.176. The van der Waals surface area contributed by atoms with E-state index in [9.17, 15) is 4.79 Å². The van der Waals surface area contributed by atoms with E-state index in [1.165, 1.54) is 11.8 Å². The molecule has 3 aromatic rings. The lowest BCUT2D eigenvalue weighted by Gasteiger charge is -2.07. The van der Waals surface area contributed by atoms with Crippen LogP contribution < -0.4 is 10.1 Å². The number of nitrogens with one attached hydrogen (secondary N) is 1. The first-order valence-electron chi connectivity index (χ1n) is 7.72. The summed E-state index contributed by atoms with van der Waals surface area (Å²) in [6, 6.07) is 14.7. The van der Waals surface area contributed by atoms with Gasteiger partial charge in [0.25, 0.3) is 0 Å². The summed E-state index contributed by atoms with van der Waals surface area (Å²) in [4.78, 5) is 12.1. The van der Waals surface area contributed by atoms with E-state index in [0.29, 0.717) is 16.7 Å². The van der Waals surface area contributed by atoms with Gasteiger partial charge < -0.3 is 10.1 Å². The van der Waals surface area contributed by atoms with Gasteiger partial charge in [0.1, 0.15) is 5.75 Å². The number of tetrazole rings is 1. The predicted octanol–water partition coefficient (Wildman–Crippen LogP) is 2.73. The van der Waals surface area contributed by atoms with Crippen LogP contribution in [0.15, 0.2) is 53.7 Å². The Hall–Kier alpha value is -2.58. The number of hydrogen-bond acceptors (Lipinski definition) is 6. The monoisotopic (exact) mass is 389 g/mol. The average Bonchev–Trinajstić information content (AvgIpc) is 3.14. The van der Waals surface area contributed by atoms with E-state index in [0.717, 1.165) is 17.0 Å². The molecule has 0 fully saturated rings. The molecule has 0 aliphatic heterocycles. The number of carbonyl (C=O) groups excluding carboxylic acids is 1. The Morgan fingerprint density at radius 1 is 1.19 bits per heavy atom. The summed E-state index contributed by atoms with van der Waals surface area (Å²) in [5.74, 6) is 0.858. The molecule has 0 radical (unpaired) electrons. The van der Waals surface area contributed by atoms with Crippen molar-refractivity contribution in [2.24, 2.45) is 0 Å². The molecule has 9 heteroatoms. The van der Waals surface area contributed by atoms with Gasteiger partial charge in [-0.1, -0.05) is 35.5 Å². The summed E-state index contributed by atoms with van der Waals surface area (Å²) >= 11 is 7.11. The topological polar surface area (TPSA) is 81.9 Å². The van der Waals surface area contributed by atoms with Crippen molar-refractivity contribution in [3.05, 3.63) is 59.1 Å². The maximum absolute atomic E-state index is 12.1. The zero-order chi connectivity index (χ0) is 18.4. The van der Waals surface area contributed by atoms with Gasteiger partial charge in [-0.25, -0.2) is 0 Å². The van der Waals surface area contributed by atoms with Crippen molar-refractivity contribution >= 4 is 29.3 Å². The maximum atomic E-state index is 12.1. The van der Waals surface area contributed by atoms with Gasteiger partial charge in [-0.05, 0) is 52.4 Å². The molecule has 1 N–H and O–H groups in total. The van der Waals surface area contributed by atoms with Crippen molar-refractivity contribution in [3.8, 4) is 11.4 Å². The van der Waals surface area contributed by atoms with Crippen LogP contribution in [0, 0.1) is 0 Å². The number of ether oxygens (including phenoxy) is 1. The van der Waals surface area contributed by atoms with E-state index < -0.39 is 0 Å². The second-order valence-electron chi connectivity index (χ2n) is 5.26. The fourth-order valence-electron chi connectivity index (χ4n) is 2.14. The average molecular weight is 390 g/mol. The van der Waals surface area contributed by atoms with Crippen molar-refractivity contribution in [2.75, 3.05) is 12.9 Å². The zero-order valence-electron chi connectivity index (χ0n) is 13.9. The second kappa shape index (κ2) is 8.68. The van der Waals surface area contributed by atoms with Gasteiger partial charge in [0.15, 0.2) is 0 Å². The van der Waals surface area contributed by atoms with E-state index in [1.54, 1.807) is 23.9 Å². The normalized spacial score (nSPS) is 10.5. The third kappa shape index (κ3) is 4.74. The van der Waals surface area contributed by atoms with Gasteiger partial charge in [-0.2, -0.15) is 4.68 Å². The van der Waals surface area contributed by atoms with Gasteiger partial charge in [0.2, 0.25) is 11.1 Å². The first-order valence-corrected chi connectivity index (χ1v) is 9.09. The van der Waals surface area contributed by atoms with Crippen LogP contribution in [0.1, 0.15) is 5.56 Å². The smallest absolute Gasteiger partial charge is 0.230 e. The molecule has 1 heterocycles. The molecule has 26 heavy (non-hydrogen) atoms. The van der Waals surface area contributed by atoms with Gasteiger partial charge in [-0.3, -0.25) is 4.79 Å². The Labute approximate surface area is 159 Å². The summed E-state index contributed by atoms with van der Waals surface area (Å²) < 4.78 is 6.72. The molecule has 0 saturated heterocycles. The number of methoxy groups -OCH3 is 1. The van der Waals surface area contributed by atoms with E-state index in [1.807, 2.05) is 36.4 Å². The lowest BCUT2D eigenvalue weighted by Crippen LogP contribution is -2.24. The lowest BCUT2D eigenvalue weighted by atomic mass is 10.2. The fourth-order valence-corrected chi connectivity index (χ4v) is 2.99. The molecular weight excluding hydrogens is 374 g/mol. The van der Waals surface area contributed by atoms with E-state index in [4.69, 9.17) is 16.3 Å². The van der Waals surface area contributed by atoms with Crippen molar-refractivity contribution < 1.29 is 9.53 Å². The summed E-state index contributed by atoms with van der Waals surface area (Å²) in [6.07, 6.45) is 0. The molecule has 2 aromatic carbocycles. The second-order valence-corrected chi connectivity index (χ2v) is 6.64. The highest BCUT2D eigenvalue weighted by molar-refractivity contribution is 7.99. The molecule has 0 bridgehead atoms. The largest absolute Gasteiger partial charge is 0.497 e. The predicted molar refractivity (Wildman–Crippen MR) is 99.7 cm³/mol. The minimum absolute atomic E-state index is 0.103. The third-order valence-electron chi connectivity index (χ3n) is 3.49. The van der Waals surface area contributed by atoms with Gasteiger partial charge in [0.05, 0.1) is 18.6 Å². The van der Waals surface area contributed by atoms with Crippen molar-refractivity contribution in [1.82, 2.24) is 25.5 Å². The molecule has 0 aliphatic rings. The van der Waals surface area contributed by atoms with Crippen molar-refractivity contribution in [1.29, 1.82) is 0 Å². The number of hydrogen-bond donors (Lipinski definition) is 1. The molecule has 134 valence electrons. The molecule has 1 amide bonds. The Balaban J connectivity index is 1.55. The molecule has 7 nitrogen and oxygen atoms in total. The highest BCUT2D eigenvalue weighted by Crippen LogP contribution is 2.20. The van der Waals surface area contributed by atoms with Crippen LogP contribution in [-0.4, -0.2) is 39.0 Å². The number of benzene rings is 2. The Bertz CT molecular complexity index is 868. The summed E-state index contributed by atoms with van der Waals surface area (Å²) in [5.41, 5.74) is 1.77. The van der Waals surface area contributed by atoms with E-state index in [-0.39, 0.29) is 11.7 Å². The van der Waals surface area contributed by atoms with Crippen LogP contribution in [0.4, 0.5) is 0 Å². The zero-order valence-corrected chi connectivity index (χ0v) is 15.5. The first-order chi connectivity index (χ1) is 12.7. The Morgan fingerprint density at radius 2 is 1.92 bits per heavy atom. The SMILES string of the molecule is COc1ccc(-n2nnnc2SCC(=O)NCc2ccc(Cl)cc2)cc1. The van der Waals surface area contributed by atoms with Crippen LogP contribution in [0.2, 0.25) is 5.02 Å². The highest BCUT2D eigenvalue weighted by Gasteiger charge is 2.11. The van der Waals surface area contributed by atoms with Crippen LogP contribution in [-0.2, 0) is 11.3 Å². The van der Waals surface area contributed by atoms with E-state index in [2.05, 4.69) is 20.8 Å². The summed E-state index contributed by atoms with van der Waals surface area (Å²) in [6.45, 7) is 0.444. The molecule has 0 atom stereocenters. The molecule has 0 aliphatic carbocycles. The standard InChI is InChI=1S/C17H16ClN5O2S/c1-25-15-8-6-14(7-9-15)23-17(20-21-22-23)26-11-16(24)19-10-12-2-4-13(18)5-3-12/h2-9H,10-11H2,1H3,(H,19,24). The van der Waals surface area contributed by atoms with Crippen molar-refractivity contribution in [2.45, 2.75) is 11.7 Å². The van der Waals surface area contributed by atoms with E-state index >= 15 is 0 Å². The molecule has 0 spiro atoms. The van der Waals surface area contributed by atoms with Crippen LogP contribution >= 0.6 is 23.4 Å². The molecule has 3 rings (SSSR count). The Morgan fingerprint density at radius 3 is 2.62 bits per heavy atom. The van der Waals surface area contributed by atoms with Gasteiger partial charge in [0, 0.05) is 11.6 Å². The van der Waals surface area contributed by atoms with Gasteiger partial charge >= 0.3 is 0 Å². The molecule has 0 unspecified atom stereocenters. The number of rotatable bonds is 7. The van der Waals surface area contributed by atoms with Crippen LogP contribution in [0.25, 0.3) is 5.69 Å². The number of thioether (sulfide) groups is 1. The number of halogens is 1. The minimum Gasteiger partial charge on any atom is -0.497 e. The number of carbonyl (C=O) groups is 1. The summed E-state index contributed by atoms with van der Waals surface area (Å²) in [7, 11) is 1.61.